The number of sulfonamides is 1. The molecular formula is C25H27ClN2O4S. The van der Waals surface area contributed by atoms with Crippen LogP contribution < -0.4 is 14.8 Å². The fourth-order valence-corrected chi connectivity index (χ4v) is 4.94. The highest BCUT2D eigenvalue weighted by atomic mass is 35.5. The summed E-state index contributed by atoms with van der Waals surface area (Å²) >= 11 is 6.20. The van der Waals surface area contributed by atoms with Crippen molar-refractivity contribution >= 4 is 33.2 Å². The third-order valence-electron chi connectivity index (χ3n) is 5.37. The molecule has 3 aromatic rings. The van der Waals surface area contributed by atoms with Gasteiger partial charge >= 0.3 is 0 Å². The number of benzene rings is 3. The first kappa shape index (κ1) is 24.6. The molecule has 174 valence electrons. The summed E-state index contributed by atoms with van der Waals surface area (Å²) in [5.41, 5.74) is 3.32. The molecule has 6 nitrogen and oxygen atoms in total. The van der Waals surface area contributed by atoms with E-state index in [1.807, 2.05) is 58.0 Å². The second-order valence-electron chi connectivity index (χ2n) is 7.70. The fraction of sp³-hybridized carbons (Fsp3) is 0.240. The van der Waals surface area contributed by atoms with Gasteiger partial charge in [0, 0.05) is 5.56 Å². The van der Waals surface area contributed by atoms with Crippen LogP contribution in [-0.2, 0) is 10.0 Å². The van der Waals surface area contributed by atoms with Crippen LogP contribution in [0.3, 0.4) is 0 Å². The van der Waals surface area contributed by atoms with E-state index < -0.39 is 15.9 Å². The Labute approximate surface area is 200 Å². The van der Waals surface area contributed by atoms with E-state index in [0.717, 1.165) is 22.4 Å². The Morgan fingerprint density at radius 2 is 1.76 bits per heavy atom. The number of hydrogen-bond donors (Lipinski definition) is 2. The number of hydrogen-bond acceptors (Lipinski definition) is 4. The molecule has 0 aliphatic heterocycles. The van der Waals surface area contributed by atoms with Crippen LogP contribution in [0.15, 0.2) is 65.6 Å². The van der Waals surface area contributed by atoms with Gasteiger partial charge in [-0.2, -0.15) is 0 Å². The van der Waals surface area contributed by atoms with E-state index in [2.05, 4.69) is 10.0 Å². The topological polar surface area (TPSA) is 84.5 Å². The normalized spacial score (nSPS) is 12.2. The summed E-state index contributed by atoms with van der Waals surface area (Å²) in [7, 11) is -4.01. The molecule has 0 saturated heterocycles. The van der Waals surface area contributed by atoms with Crippen LogP contribution >= 0.6 is 11.6 Å². The average Bonchev–Trinajstić information content (AvgIpc) is 2.77. The molecule has 0 spiro atoms. The van der Waals surface area contributed by atoms with Crippen LogP contribution in [0.1, 0.15) is 46.9 Å². The Morgan fingerprint density at radius 1 is 1.06 bits per heavy atom. The minimum Gasteiger partial charge on any atom is -0.494 e. The van der Waals surface area contributed by atoms with Gasteiger partial charge in [-0.25, -0.2) is 8.42 Å². The summed E-state index contributed by atoms with van der Waals surface area (Å²) in [6.45, 7) is 8.07. The predicted octanol–water partition coefficient (Wildman–Crippen LogP) is 5.65. The number of anilines is 1. The second-order valence-corrected chi connectivity index (χ2v) is 9.75. The molecule has 3 aromatic carbocycles. The van der Waals surface area contributed by atoms with E-state index in [1.54, 1.807) is 12.1 Å². The van der Waals surface area contributed by atoms with Crippen molar-refractivity contribution in [3.8, 4) is 5.75 Å². The molecule has 1 atom stereocenters. The molecule has 0 fully saturated rings. The van der Waals surface area contributed by atoms with Crippen molar-refractivity contribution in [1.82, 2.24) is 5.32 Å². The van der Waals surface area contributed by atoms with E-state index >= 15 is 0 Å². The third kappa shape index (κ3) is 5.86. The molecule has 1 amide bonds. The largest absolute Gasteiger partial charge is 0.494 e. The van der Waals surface area contributed by atoms with Crippen molar-refractivity contribution in [3.63, 3.8) is 0 Å². The molecular weight excluding hydrogens is 460 g/mol. The lowest BCUT2D eigenvalue weighted by Crippen LogP contribution is -2.27. The number of amides is 1. The summed E-state index contributed by atoms with van der Waals surface area (Å²) in [5.74, 6) is 0.347. The molecule has 8 heteroatoms. The maximum Gasteiger partial charge on any atom is 0.263 e. The number of ether oxygens (including phenoxy) is 1. The van der Waals surface area contributed by atoms with Crippen LogP contribution in [0, 0.1) is 13.8 Å². The van der Waals surface area contributed by atoms with E-state index in [1.165, 1.54) is 18.2 Å². The lowest BCUT2D eigenvalue weighted by atomic mass is 10.1. The van der Waals surface area contributed by atoms with Gasteiger partial charge in [-0.15, -0.1) is 0 Å². The summed E-state index contributed by atoms with van der Waals surface area (Å²) in [5, 5.41) is 2.92. The van der Waals surface area contributed by atoms with Crippen LogP contribution in [-0.4, -0.2) is 20.9 Å². The Bertz CT molecular complexity index is 1260. The first-order chi connectivity index (χ1) is 15.6. The Hall–Kier alpha value is -3.03. The fourth-order valence-electron chi connectivity index (χ4n) is 3.29. The molecule has 0 aromatic heterocycles. The Morgan fingerprint density at radius 3 is 2.42 bits per heavy atom. The maximum atomic E-state index is 13.1. The summed E-state index contributed by atoms with van der Waals surface area (Å²) < 4.78 is 34.1. The van der Waals surface area contributed by atoms with Crippen molar-refractivity contribution < 1.29 is 17.9 Å². The van der Waals surface area contributed by atoms with Gasteiger partial charge in [0.05, 0.1) is 23.4 Å². The summed E-state index contributed by atoms with van der Waals surface area (Å²) in [6, 6.07) is 16.7. The van der Waals surface area contributed by atoms with Crippen molar-refractivity contribution in [2.45, 2.75) is 38.6 Å². The standard InChI is InChI=1S/C25H27ClN2O4S/c1-5-32-21-12-9-19(10-13-21)18(4)27-25(29)20-11-14-22(26)24(15-20)33(30,31)28-23-8-6-7-16(2)17(23)3/h6-15,18,28H,5H2,1-4H3,(H,27,29)/t18-/m0/s1. The zero-order valence-corrected chi connectivity index (χ0v) is 20.5. The highest BCUT2D eigenvalue weighted by Gasteiger charge is 2.22. The molecule has 0 heterocycles. The lowest BCUT2D eigenvalue weighted by Gasteiger charge is -2.16. The minimum absolute atomic E-state index is 0.0314. The third-order valence-corrected chi connectivity index (χ3v) is 7.22. The second kappa shape index (κ2) is 10.3. The molecule has 0 aliphatic carbocycles. The van der Waals surface area contributed by atoms with Gasteiger partial charge in [-0.05, 0) is 80.8 Å². The zero-order chi connectivity index (χ0) is 24.2. The maximum absolute atomic E-state index is 13.1. The number of carbonyl (C=O) groups is 1. The SMILES string of the molecule is CCOc1ccc([C@H](C)NC(=O)c2ccc(Cl)c(S(=O)(=O)Nc3cccc(C)c3C)c2)cc1. The number of rotatable bonds is 8. The van der Waals surface area contributed by atoms with Gasteiger partial charge in [0.2, 0.25) is 0 Å². The van der Waals surface area contributed by atoms with Gasteiger partial charge in [0.15, 0.2) is 0 Å². The highest BCUT2D eigenvalue weighted by molar-refractivity contribution is 7.92. The molecule has 0 radical (unpaired) electrons. The van der Waals surface area contributed by atoms with Gasteiger partial charge in [0.25, 0.3) is 15.9 Å². The molecule has 2 N–H and O–H groups in total. The molecule has 0 aliphatic rings. The Kier molecular flexibility index (Phi) is 7.66. The van der Waals surface area contributed by atoms with E-state index in [-0.39, 0.29) is 21.5 Å². The summed E-state index contributed by atoms with van der Waals surface area (Å²) in [4.78, 5) is 12.7. The predicted molar refractivity (Wildman–Crippen MR) is 132 cm³/mol. The van der Waals surface area contributed by atoms with Gasteiger partial charge in [0.1, 0.15) is 10.6 Å². The molecule has 0 unspecified atom stereocenters. The molecule has 0 saturated carbocycles. The van der Waals surface area contributed by atoms with Crippen molar-refractivity contribution in [3.05, 3.63) is 87.9 Å². The van der Waals surface area contributed by atoms with E-state index in [9.17, 15) is 13.2 Å². The minimum atomic E-state index is -4.01. The number of carbonyl (C=O) groups excluding carboxylic acids is 1. The van der Waals surface area contributed by atoms with Crippen molar-refractivity contribution in [2.75, 3.05) is 11.3 Å². The monoisotopic (exact) mass is 486 g/mol. The highest BCUT2D eigenvalue weighted by Crippen LogP contribution is 2.27. The zero-order valence-electron chi connectivity index (χ0n) is 19.0. The van der Waals surface area contributed by atoms with Crippen LogP contribution in [0.5, 0.6) is 5.75 Å². The lowest BCUT2D eigenvalue weighted by molar-refractivity contribution is 0.0939. The number of nitrogens with one attached hydrogen (secondary N) is 2. The quantitative estimate of drug-likeness (QED) is 0.431. The molecule has 3 rings (SSSR count). The smallest absolute Gasteiger partial charge is 0.263 e. The van der Waals surface area contributed by atoms with E-state index in [0.29, 0.717) is 12.3 Å². The van der Waals surface area contributed by atoms with Crippen LogP contribution in [0.25, 0.3) is 0 Å². The first-order valence-corrected chi connectivity index (χ1v) is 12.4. The van der Waals surface area contributed by atoms with Gasteiger partial charge < -0.3 is 10.1 Å². The number of aryl methyl sites for hydroxylation is 1. The van der Waals surface area contributed by atoms with Crippen LogP contribution in [0.2, 0.25) is 5.02 Å². The first-order valence-electron chi connectivity index (χ1n) is 10.5. The Balaban J connectivity index is 1.81. The molecule has 33 heavy (non-hydrogen) atoms. The van der Waals surface area contributed by atoms with Gasteiger partial charge in [-0.1, -0.05) is 35.9 Å². The van der Waals surface area contributed by atoms with E-state index in [4.69, 9.17) is 16.3 Å². The van der Waals surface area contributed by atoms with Gasteiger partial charge in [-0.3, -0.25) is 9.52 Å². The number of halogens is 1. The van der Waals surface area contributed by atoms with Crippen molar-refractivity contribution in [2.24, 2.45) is 0 Å². The van der Waals surface area contributed by atoms with Crippen molar-refractivity contribution in [1.29, 1.82) is 0 Å². The molecule has 0 bridgehead atoms. The summed E-state index contributed by atoms with van der Waals surface area (Å²) in [6.07, 6.45) is 0. The van der Waals surface area contributed by atoms with Crippen LogP contribution in [0.4, 0.5) is 5.69 Å². The average molecular weight is 487 g/mol.